The van der Waals surface area contributed by atoms with E-state index < -0.39 is 4.92 Å². The minimum absolute atomic E-state index is 0.0650. The standard InChI is InChI=1S/C12H11N3O2/c16-15(17)12-6-4-10(5-7-12)14-9-11-3-1-2-8-13-11/h1-9,11,13H. The number of non-ortho nitro benzene ring substituents is 1. The van der Waals surface area contributed by atoms with Crippen LogP contribution in [0.15, 0.2) is 53.7 Å². The number of rotatable bonds is 3. The van der Waals surface area contributed by atoms with E-state index in [0.29, 0.717) is 5.69 Å². The molecule has 0 aromatic heterocycles. The van der Waals surface area contributed by atoms with Crippen molar-refractivity contribution in [2.45, 2.75) is 6.04 Å². The molecule has 0 saturated carbocycles. The van der Waals surface area contributed by atoms with E-state index in [1.165, 1.54) is 12.1 Å². The Bertz CT molecular complexity index is 489. The number of hydrogen-bond acceptors (Lipinski definition) is 4. The van der Waals surface area contributed by atoms with Gasteiger partial charge in [0.2, 0.25) is 0 Å². The van der Waals surface area contributed by atoms with E-state index >= 15 is 0 Å². The summed E-state index contributed by atoms with van der Waals surface area (Å²) in [6, 6.07) is 6.19. The molecule has 1 heterocycles. The van der Waals surface area contributed by atoms with Gasteiger partial charge in [0.15, 0.2) is 0 Å². The van der Waals surface area contributed by atoms with Crippen molar-refractivity contribution in [1.82, 2.24) is 5.32 Å². The van der Waals surface area contributed by atoms with Gasteiger partial charge in [0.05, 0.1) is 16.7 Å². The molecule has 1 aromatic carbocycles. The molecule has 0 fully saturated rings. The first-order valence-electron chi connectivity index (χ1n) is 5.14. The highest BCUT2D eigenvalue weighted by atomic mass is 16.6. The van der Waals surface area contributed by atoms with Crippen LogP contribution in [0.1, 0.15) is 0 Å². The van der Waals surface area contributed by atoms with Gasteiger partial charge in [-0.15, -0.1) is 0 Å². The predicted molar refractivity (Wildman–Crippen MR) is 66.5 cm³/mol. The Labute approximate surface area is 98.3 Å². The lowest BCUT2D eigenvalue weighted by atomic mass is 10.2. The average molecular weight is 229 g/mol. The van der Waals surface area contributed by atoms with E-state index in [1.807, 2.05) is 24.4 Å². The smallest absolute Gasteiger partial charge is 0.269 e. The summed E-state index contributed by atoms with van der Waals surface area (Å²) in [6.45, 7) is 0. The van der Waals surface area contributed by atoms with Crippen LogP contribution in [0, 0.1) is 10.1 Å². The Morgan fingerprint density at radius 1 is 1.29 bits per heavy atom. The number of dihydropyridines is 1. The first-order chi connectivity index (χ1) is 8.25. The number of nitro benzene ring substituents is 1. The molecule has 1 aliphatic rings. The van der Waals surface area contributed by atoms with Crippen LogP contribution in [0.5, 0.6) is 0 Å². The number of nitro groups is 1. The minimum atomic E-state index is -0.427. The van der Waals surface area contributed by atoms with Crippen molar-refractivity contribution in [3.63, 3.8) is 0 Å². The highest BCUT2D eigenvalue weighted by molar-refractivity contribution is 5.71. The molecule has 0 radical (unpaired) electrons. The highest BCUT2D eigenvalue weighted by Gasteiger charge is 2.03. The van der Waals surface area contributed by atoms with Crippen molar-refractivity contribution in [2.24, 2.45) is 4.99 Å². The minimum Gasteiger partial charge on any atom is -0.380 e. The predicted octanol–water partition coefficient (Wildman–Crippen LogP) is 2.34. The molecule has 86 valence electrons. The van der Waals surface area contributed by atoms with Gasteiger partial charge in [-0.2, -0.15) is 0 Å². The second-order valence-electron chi connectivity index (χ2n) is 3.49. The number of aliphatic imine (C=N–C) groups is 1. The van der Waals surface area contributed by atoms with Gasteiger partial charge in [0.1, 0.15) is 0 Å². The van der Waals surface area contributed by atoms with Gasteiger partial charge >= 0.3 is 0 Å². The van der Waals surface area contributed by atoms with Gasteiger partial charge in [-0.25, -0.2) is 0 Å². The van der Waals surface area contributed by atoms with Crippen molar-refractivity contribution in [1.29, 1.82) is 0 Å². The van der Waals surface area contributed by atoms with Crippen LogP contribution in [-0.2, 0) is 0 Å². The van der Waals surface area contributed by atoms with E-state index in [1.54, 1.807) is 18.3 Å². The van der Waals surface area contributed by atoms with Crippen molar-refractivity contribution in [3.8, 4) is 0 Å². The maximum absolute atomic E-state index is 10.5. The summed E-state index contributed by atoms with van der Waals surface area (Å²) in [7, 11) is 0. The van der Waals surface area contributed by atoms with Gasteiger partial charge in [-0.05, 0) is 24.4 Å². The molecule has 1 aromatic rings. The van der Waals surface area contributed by atoms with E-state index in [4.69, 9.17) is 0 Å². The van der Waals surface area contributed by atoms with Gasteiger partial charge in [0, 0.05) is 18.3 Å². The summed E-state index contributed by atoms with van der Waals surface area (Å²) in [5.74, 6) is 0. The molecule has 5 heteroatoms. The Morgan fingerprint density at radius 2 is 2.06 bits per heavy atom. The van der Waals surface area contributed by atoms with E-state index in [9.17, 15) is 10.1 Å². The average Bonchev–Trinajstić information content (AvgIpc) is 2.38. The fraction of sp³-hybridized carbons (Fsp3) is 0.0833. The maximum atomic E-state index is 10.5. The molecule has 0 amide bonds. The molecule has 1 atom stereocenters. The van der Waals surface area contributed by atoms with Crippen LogP contribution < -0.4 is 5.32 Å². The van der Waals surface area contributed by atoms with Gasteiger partial charge in [0.25, 0.3) is 5.69 Å². The van der Waals surface area contributed by atoms with Crippen molar-refractivity contribution in [2.75, 3.05) is 0 Å². The second kappa shape index (κ2) is 5.07. The fourth-order valence-electron chi connectivity index (χ4n) is 1.38. The molecule has 17 heavy (non-hydrogen) atoms. The molecule has 0 spiro atoms. The maximum Gasteiger partial charge on any atom is 0.269 e. The summed E-state index contributed by atoms with van der Waals surface area (Å²) < 4.78 is 0. The number of nitrogens with one attached hydrogen (secondary N) is 1. The van der Waals surface area contributed by atoms with Crippen molar-refractivity contribution >= 4 is 17.6 Å². The molecular weight excluding hydrogens is 218 g/mol. The van der Waals surface area contributed by atoms with Gasteiger partial charge in [-0.1, -0.05) is 12.2 Å². The van der Waals surface area contributed by atoms with Crippen LogP contribution in [0.3, 0.4) is 0 Å². The van der Waals surface area contributed by atoms with Crippen LogP contribution in [0.25, 0.3) is 0 Å². The summed E-state index contributed by atoms with van der Waals surface area (Å²) in [5.41, 5.74) is 0.767. The number of hydrogen-bond donors (Lipinski definition) is 1. The summed E-state index contributed by atoms with van der Waals surface area (Å²) in [5, 5.41) is 13.6. The van der Waals surface area contributed by atoms with E-state index in [2.05, 4.69) is 10.3 Å². The molecule has 5 nitrogen and oxygen atoms in total. The number of nitrogens with zero attached hydrogens (tertiary/aromatic N) is 2. The molecule has 1 aliphatic heterocycles. The lowest BCUT2D eigenvalue weighted by Gasteiger charge is -2.09. The highest BCUT2D eigenvalue weighted by Crippen LogP contribution is 2.17. The molecule has 0 bridgehead atoms. The molecule has 2 rings (SSSR count). The van der Waals surface area contributed by atoms with Crippen LogP contribution >= 0.6 is 0 Å². The summed E-state index contributed by atoms with van der Waals surface area (Å²) >= 11 is 0. The Hall–Kier alpha value is -2.43. The van der Waals surface area contributed by atoms with Crippen LogP contribution in [0.2, 0.25) is 0 Å². The summed E-state index contributed by atoms with van der Waals surface area (Å²) in [4.78, 5) is 14.3. The van der Waals surface area contributed by atoms with E-state index in [0.717, 1.165) is 0 Å². The lowest BCUT2D eigenvalue weighted by molar-refractivity contribution is -0.384. The fourth-order valence-corrected chi connectivity index (χ4v) is 1.38. The summed E-state index contributed by atoms with van der Waals surface area (Å²) in [6.07, 6.45) is 9.39. The van der Waals surface area contributed by atoms with Crippen LogP contribution in [-0.4, -0.2) is 17.2 Å². The zero-order valence-corrected chi connectivity index (χ0v) is 8.98. The topological polar surface area (TPSA) is 67.5 Å². The van der Waals surface area contributed by atoms with Crippen molar-refractivity contribution < 1.29 is 4.92 Å². The van der Waals surface area contributed by atoms with Gasteiger partial charge < -0.3 is 5.32 Å². The third-order valence-electron chi connectivity index (χ3n) is 2.26. The SMILES string of the molecule is O=[N+]([O-])c1ccc(N=CC2C=CC=CN2)cc1. The lowest BCUT2D eigenvalue weighted by Crippen LogP contribution is -2.24. The largest absolute Gasteiger partial charge is 0.380 e. The zero-order chi connectivity index (χ0) is 12.1. The number of benzene rings is 1. The third-order valence-corrected chi connectivity index (χ3v) is 2.26. The molecule has 1 N–H and O–H groups in total. The first kappa shape index (κ1) is 11.1. The van der Waals surface area contributed by atoms with Gasteiger partial charge in [-0.3, -0.25) is 15.1 Å². The first-order valence-corrected chi connectivity index (χ1v) is 5.14. The quantitative estimate of drug-likeness (QED) is 0.491. The monoisotopic (exact) mass is 229 g/mol. The molecular formula is C12H11N3O2. The zero-order valence-electron chi connectivity index (χ0n) is 8.98. The molecule has 0 aliphatic carbocycles. The van der Waals surface area contributed by atoms with Crippen LogP contribution in [0.4, 0.5) is 11.4 Å². The molecule has 0 saturated heterocycles. The van der Waals surface area contributed by atoms with Crippen molar-refractivity contribution in [3.05, 3.63) is 58.8 Å². The Morgan fingerprint density at radius 3 is 2.65 bits per heavy atom. The Kier molecular flexibility index (Phi) is 3.30. The van der Waals surface area contributed by atoms with E-state index in [-0.39, 0.29) is 11.7 Å². The number of allylic oxidation sites excluding steroid dienone is 2. The molecule has 1 unspecified atom stereocenters. The third kappa shape index (κ3) is 3.01. The normalized spacial score (nSPS) is 18.2. The Balaban J connectivity index is 2.03. The second-order valence-corrected chi connectivity index (χ2v) is 3.49.